The summed E-state index contributed by atoms with van der Waals surface area (Å²) in [5, 5.41) is 10.8. The number of aromatic amines is 2. The van der Waals surface area contributed by atoms with Crippen LogP contribution in [0.2, 0.25) is 0 Å². The molecule has 0 radical (unpaired) electrons. The van der Waals surface area contributed by atoms with Gasteiger partial charge in [0.15, 0.2) is 0 Å². The van der Waals surface area contributed by atoms with Crippen molar-refractivity contribution in [2.75, 3.05) is 11.9 Å². The molecule has 0 spiro atoms. The third-order valence-corrected chi connectivity index (χ3v) is 4.60. The molecular weight excluding hydrogens is 340 g/mol. The van der Waals surface area contributed by atoms with Gasteiger partial charge in [-0.3, -0.25) is 14.9 Å². The summed E-state index contributed by atoms with van der Waals surface area (Å²) in [4.78, 5) is 20.6. The van der Waals surface area contributed by atoms with E-state index in [4.69, 9.17) is 5.73 Å². The van der Waals surface area contributed by atoms with Crippen LogP contribution in [0, 0.1) is 6.92 Å². The van der Waals surface area contributed by atoms with Gasteiger partial charge in [-0.25, -0.2) is 0 Å². The average Bonchev–Trinajstić information content (AvgIpc) is 3.32. The van der Waals surface area contributed by atoms with Crippen LogP contribution in [0.1, 0.15) is 17.3 Å². The van der Waals surface area contributed by atoms with Gasteiger partial charge in [0.1, 0.15) is 0 Å². The largest absolute Gasteiger partial charge is 0.359 e. The van der Waals surface area contributed by atoms with Gasteiger partial charge in [0.2, 0.25) is 5.91 Å². The number of aromatic nitrogens is 4. The number of rotatable bonds is 5. The van der Waals surface area contributed by atoms with Gasteiger partial charge in [-0.05, 0) is 25.1 Å². The molecule has 0 saturated carbocycles. The fourth-order valence-electron chi connectivity index (χ4n) is 3.24. The maximum absolute atomic E-state index is 12.9. The Hall–Kier alpha value is -3.45. The summed E-state index contributed by atoms with van der Waals surface area (Å²) in [6, 6.07) is 11.4. The molecule has 0 bridgehead atoms. The maximum atomic E-state index is 12.9. The third-order valence-electron chi connectivity index (χ3n) is 4.60. The van der Waals surface area contributed by atoms with Gasteiger partial charge < -0.3 is 16.0 Å². The molecule has 0 aliphatic carbocycles. The highest BCUT2D eigenvalue weighted by molar-refractivity contribution is 6.07. The van der Waals surface area contributed by atoms with Crippen LogP contribution in [0.5, 0.6) is 0 Å². The second kappa shape index (κ2) is 7.05. The second-order valence-electron chi connectivity index (χ2n) is 6.40. The van der Waals surface area contributed by atoms with Crippen LogP contribution in [-0.2, 0) is 4.79 Å². The minimum absolute atomic E-state index is 0.178. The SMILES string of the molecule is Cc1cccc(C(CN)C(=O)Nc2cccc3c(-c4cn[nH]c4)c[nH]c23)n1. The summed E-state index contributed by atoms with van der Waals surface area (Å²) in [5.74, 6) is -0.689. The molecule has 0 aliphatic rings. The lowest BCUT2D eigenvalue weighted by molar-refractivity contribution is -0.117. The van der Waals surface area contributed by atoms with Gasteiger partial charge >= 0.3 is 0 Å². The summed E-state index contributed by atoms with van der Waals surface area (Å²) in [6.45, 7) is 2.08. The summed E-state index contributed by atoms with van der Waals surface area (Å²) in [7, 11) is 0. The topological polar surface area (TPSA) is 112 Å². The first kappa shape index (κ1) is 17.0. The van der Waals surface area contributed by atoms with E-state index in [9.17, 15) is 4.79 Å². The maximum Gasteiger partial charge on any atom is 0.234 e. The van der Waals surface area contributed by atoms with Crippen molar-refractivity contribution in [1.82, 2.24) is 20.2 Å². The number of benzene rings is 1. The summed E-state index contributed by atoms with van der Waals surface area (Å²) in [5.41, 5.74) is 11.0. The van der Waals surface area contributed by atoms with E-state index in [1.807, 2.05) is 55.7 Å². The van der Waals surface area contributed by atoms with Crippen LogP contribution < -0.4 is 11.1 Å². The van der Waals surface area contributed by atoms with Crippen molar-refractivity contribution in [1.29, 1.82) is 0 Å². The molecule has 0 aliphatic heterocycles. The highest BCUT2D eigenvalue weighted by Crippen LogP contribution is 2.32. The number of pyridine rings is 1. The predicted octanol–water partition coefficient (Wildman–Crippen LogP) is 2.94. The lowest BCUT2D eigenvalue weighted by Crippen LogP contribution is -2.28. The first-order valence-electron chi connectivity index (χ1n) is 8.71. The van der Waals surface area contributed by atoms with Gasteiger partial charge in [-0.15, -0.1) is 0 Å². The number of fused-ring (bicyclic) bond motifs is 1. The number of H-pyrrole nitrogens is 2. The Morgan fingerprint density at radius 1 is 1.22 bits per heavy atom. The molecule has 0 saturated heterocycles. The van der Waals surface area contributed by atoms with E-state index in [-0.39, 0.29) is 12.5 Å². The lowest BCUT2D eigenvalue weighted by atomic mass is 10.0. The Kier molecular flexibility index (Phi) is 4.43. The number of hydrogen-bond donors (Lipinski definition) is 4. The van der Waals surface area contributed by atoms with Gasteiger partial charge in [0, 0.05) is 41.1 Å². The zero-order valence-corrected chi connectivity index (χ0v) is 14.9. The van der Waals surface area contributed by atoms with E-state index < -0.39 is 5.92 Å². The summed E-state index contributed by atoms with van der Waals surface area (Å²) in [6.07, 6.45) is 5.51. The Labute approximate surface area is 156 Å². The first-order valence-corrected chi connectivity index (χ1v) is 8.71. The van der Waals surface area contributed by atoms with E-state index in [1.165, 1.54) is 0 Å². The monoisotopic (exact) mass is 360 g/mol. The highest BCUT2D eigenvalue weighted by atomic mass is 16.1. The molecule has 1 amide bonds. The van der Waals surface area contributed by atoms with Crippen molar-refractivity contribution in [2.45, 2.75) is 12.8 Å². The Morgan fingerprint density at radius 2 is 2.07 bits per heavy atom. The number of carbonyl (C=O) groups excluding carboxylic acids is 1. The first-order chi connectivity index (χ1) is 13.2. The number of nitrogens with one attached hydrogen (secondary N) is 3. The van der Waals surface area contributed by atoms with Gasteiger partial charge in [0.25, 0.3) is 0 Å². The molecule has 3 aromatic heterocycles. The van der Waals surface area contributed by atoms with Crippen LogP contribution in [0.25, 0.3) is 22.0 Å². The van der Waals surface area contributed by atoms with Crippen molar-refractivity contribution in [2.24, 2.45) is 5.73 Å². The normalized spacial score (nSPS) is 12.2. The van der Waals surface area contributed by atoms with Crippen molar-refractivity contribution in [3.05, 3.63) is 66.4 Å². The molecule has 3 heterocycles. The van der Waals surface area contributed by atoms with Crippen molar-refractivity contribution in [3.8, 4) is 11.1 Å². The van der Waals surface area contributed by atoms with Crippen LogP contribution in [0.15, 0.2) is 55.0 Å². The molecule has 136 valence electrons. The van der Waals surface area contributed by atoms with Gasteiger partial charge in [-0.2, -0.15) is 5.10 Å². The fraction of sp³-hybridized carbons (Fsp3) is 0.150. The zero-order valence-electron chi connectivity index (χ0n) is 14.9. The predicted molar refractivity (Wildman–Crippen MR) is 105 cm³/mol. The summed E-state index contributed by atoms with van der Waals surface area (Å²) < 4.78 is 0. The minimum Gasteiger partial charge on any atom is -0.359 e. The zero-order chi connectivity index (χ0) is 18.8. The number of nitrogens with two attached hydrogens (primary N) is 1. The molecule has 1 atom stereocenters. The Morgan fingerprint density at radius 3 is 2.81 bits per heavy atom. The molecule has 1 aromatic carbocycles. The van der Waals surface area contributed by atoms with Crippen LogP contribution in [0.3, 0.4) is 0 Å². The molecular formula is C20H20N6O. The lowest BCUT2D eigenvalue weighted by Gasteiger charge is -2.15. The van der Waals surface area contributed by atoms with Crippen LogP contribution >= 0.6 is 0 Å². The molecule has 27 heavy (non-hydrogen) atoms. The van der Waals surface area contributed by atoms with Crippen molar-refractivity contribution in [3.63, 3.8) is 0 Å². The van der Waals surface area contributed by atoms with Crippen LogP contribution in [0.4, 0.5) is 5.69 Å². The smallest absolute Gasteiger partial charge is 0.234 e. The van der Waals surface area contributed by atoms with E-state index >= 15 is 0 Å². The quantitative estimate of drug-likeness (QED) is 0.438. The molecule has 4 rings (SSSR count). The molecule has 4 aromatic rings. The average molecular weight is 360 g/mol. The third kappa shape index (κ3) is 3.20. The fourth-order valence-corrected chi connectivity index (χ4v) is 3.24. The second-order valence-corrected chi connectivity index (χ2v) is 6.40. The van der Waals surface area contributed by atoms with E-state index in [0.717, 1.165) is 27.7 Å². The number of nitrogens with zero attached hydrogens (tertiary/aromatic N) is 2. The van der Waals surface area contributed by atoms with Crippen LogP contribution in [-0.4, -0.2) is 32.6 Å². The van der Waals surface area contributed by atoms with Crippen molar-refractivity contribution >= 4 is 22.5 Å². The number of amides is 1. The number of hydrogen-bond acceptors (Lipinski definition) is 4. The molecule has 5 N–H and O–H groups in total. The standard InChI is InChI=1S/C20H20N6O/c1-12-4-2-6-17(25-12)15(8-21)20(27)26-18-7-3-5-14-16(11-22-19(14)18)13-9-23-24-10-13/h2-7,9-11,15,22H,8,21H2,1H3,(H,23,24)(H,26,27). The Balaban J connectivity index is 1.66. The van der Waals surface area contributed by atoms with Crippen molar-refractivity contribution < 1.29 is 4.79 Å². The van der Waals surface area contributed by atoms with E-state index in [2.05, 4.69) is 25.5 Å². The van der Waals surface area contributed by atoms with E-state index in [0.29, 0.717) is 11.4 Å². The van der Waals surface area contributed by atoms with Gasteiger partial charge in [-0.1, -0.05) is 18.2 Å². The number of para-hydroxylation sites is 1. The molecule has 0 fully saturated rings. The Bertz CT molecular complexity index is 1080. The van der Waals surface area contributed by atoms with E-state index in [1.54, 1.807) is 6.20 Å². The number of anilines is 1. The number of carbonyl (C=O) groups is 1. The molecule has 7 nitrogen and oxygen atoms in total. The van der Waals surface area contributed by atoms with Gasteiger partial charge in [0.05, 0.1) is 29.0 Å². The minimum atomic E-state index is -0.511. The number of aryl methyl sites for hydroxylation is 1. The molecule has 1 unspecified atom stereocenters. The highest BCUT2D eigenvalue weighted by Gasteiger charge is 2.22. The molecule has 7 heteroatoms. The summed E-state index contributed by atoms with van der Waals surface area (Å²) >= 11 is 0.